The maximum atomic E-state index is 5.37. The van der Waals surface area contributed by atoms with Gasteiger partial charge in [-0.05, 0) is 44.0 Å². The van der Waals surface area contributed by atoms with Crippen molar-refractivity contribution in [2.45, 2.75) is 40.2 Å². The van der Waals surface area contributed by atoms with Crippen molar-refractivity contribution < 1.29 is 4.42 Å². The number of hydrogen-bond donors (Lipinski definition) is 1. The van der Waals surface area contributed by atoms with Gasteiger partial charge in [-0.15, -0.1) is 0 Å². The van der Waals surface area contributed by atoms with Crippen molar-refractivity contribution in [3.05, 3.63) is 24.2 Å². The number of likely N-dealkylation sites (N-methyl/N-ethyl adjacent to an activating group) is 1. The second kappa shape index (κ2) is 9.17. The zero-order valence-corrected chi connectivity index (χ0v) is 12.1. The minimum absolute atomic E-state index is 0.817. The number of furan rings is 1. The first kappa shape index (κ1) is 15.3. The van der Waals surface area contributed by atoms with Crippen molar-refractivity contribution in [1.29, 1.82) is 0 Å². The first-order valence-electron chi connectivity index (χ1n) is 7.17. The van der Waals surface area contributed by atoms with Gasteiger partial charge in [0.05, 0.1) is 12.8 Å². The van der Waals surface area contributed by atoms with E-state index in [4.69, 9.17) is 4.42 Å². The molecule has 0 aliphatic rings. The van der Waals surface area contributed by atoms with Crippen LogP contribution in [0.25, 0.3) is 0 Å². The van der Waals surface area contributed by atoms with Crippen LogP contribution in [0.2, 0.25) is 0 Å². The van der Waals surface area contributed by atoms with Crippen LogP contribution in [-0.4, -0.2) is 31.1 Å². The van der Waals surface area contributed by atoms with Crippen molar-refractivity contribution >= 4 is 0 Å². The van der Waals surface area contributed by atoms with E-state index < -0.39 is 0 Å². The minimum atomic E-state index is 0.817. The van der Waals surface area contributed by atoms with Gasteiger partial charge in [-0.2, -0.15) is 0 Å². The normalized spacial score (nSPS) is 11.6. The molecule has 1 heterocycles. The summed E-state index contributed by atoms with van der Waals surface area (Å²) in [6, 6.07) is 3.99. The summed E-state index contributed by atoms with van der Waals surface area (Å²) in [7, 11) is 0. The summed E-state index contributed by atoms with van der Waals surface area (Å²) in [6.45, 7) is 12.0. The zero-order chi connectivity index (χ0) is 13.2. The molecule has 18 heavy (non-hydrogen) atoms. The van der Waals surface area contributed by atoms with Gasteiger partial charge >= 0.3 is 0 Å². The van der Waals surface area contributed by atoms with Crippen LogP contribution in [0.15, 0.2) is 22.8 Å². The van der Waals surface area contributed by atoms with Crippen LogP contribution in [0.1, 0.15) is 39.4 Å². The molecule has 0 fully saturated rings. The van der Waals surface area contributed by atoms with Gasteiger partial charge in [0.2, 0.25) is 0 Å². The van der Waals surface area contributed by atoms with E-state index in [2.05, 4.69) is 31.0 Å². The van der Waals surface area contributed by atoms with Crippen molar-refractivity contribution in [1.82, 2.24) is 10.2 Å². The number of nitrogens with one attached hydrogen (secondary N) is 1. The average molecular weight is 252 g/mol. The van der Waals surface area contributed by atoms with Gasteiger partial charge in [-0.25, -0.2) is 0 Å². The fourth-order valence-electron chi connectivity index (χ4n) is 1.97. The standard InChI is InChI=1S/C15H28N2O/c1-4-17(13-15-8-6-12-18-15)11-10-16-9-5-7-14(2)3/h6,8,12,14,16H,4-5,7,9-11,13H2,1-3H3. The second-order valence-corrected chi connectivity index (χ2v) is 5.23. The lowest BCUT2D eigenvalue weighted by atomic mass is 10.1. The van der Waals surface area contributed by atoms with Crippen LogP contribution < -0.4 is 5.32 Å². The lowest BCUT2D eigenvalue weighted by Crippen LogP contribution is -2.32. The van der Waals surface area contributed by atoms with Crippen LogP contribution in [0.5, 0.6) is 0 Å². The summed E-state index contributed by atoms with van der Waals surface area (Å²) in [6.07, 6.45) is 4.34. The van der Waals surface area contributed by atoms with Gasteiger partial charge in [0.25, 0.3) is 0 Å². The van der Waals surface area contributed by atoms with Crippen molar-refractivity contribution in [3.63, 3.8) is 0 Å². The van der Waals surface area contributed by atoms with E-state index >= 15 is 0 Å². The van der Waals surface area contributed by atoms with Gasteiger partial charge in [-0.1, -0.05) is 20.8 Å². The molecular weight excluding hydrogens is 224 g/mol. The van der Waals surface area contributed by atoms with Gasteiger partial charge in [0, 0.05) is 13.1 Å². The Kier molecular flexibility index (Phi) is 7.78. The molecule has 1 N–H and O–H groups in total. The third-order valence-corrected chi connectivity index (χ3v) is 3.15. The SMILES string of the molecule is CCN(CCNCCCC(C)C)Cc1ccco1. The highest BCUT2D eigenvalue weighted by Crippen LogP contribution is 2.04. The predicted octanol–water partition coefficient (Wildman–Crippen LogP) is 3.13. The molecule has 0 aliphatic heterocycles. The van der Waals surface area contributed by atoms with Gasteiger partial charge in [-0.3, -0.25) is 4.90 Å². The molecule has 3 heteroatoms. The number of hydrogen-bond acceptors (Lipinski definition) is 3. The third kappa shape index (κ3) is 6.82. The van der Waals surface area contributed by atoms with E-state index in [1.54, 1.807) is 6.26 Å². The van der Waals surface area contributed by atoms with Crippen LogP contribution in [0.4, 0.5) is 0 Å². The smallest absolute Gasteiger partial charge is 0.117 e. The molecule has 0 amide bonds. The first-order chi connectivity index (χ1) is 8.72. The quantitative estimate of drug-likeness (QED) is 0.649. The highest BCUT2D eigenvalue weighted by molar-refractivity contribution is 4.97. The second-order valence-electron chi connectivity index (χ2n) is 5.23. The Labute approximate surface area is 112 Å². The maximum absolute atomic E-state index is 5.37. The van der Waals surface area contributed by atoms with Gasteiger partial charge < -0.3 is 9.73 Å². The van der Waals surface area contributed by atoms with E-state index in [1.165, 1.54) is 12.8 Å². The number of rotatable bonds is 10. The lowest BCUT2D eigenvalue weighted by molar-refractivity contribution is 0.255. The first-order valence-corrected chi connectivity index (χ1v) is 7.17. The Morgan fingerprint density at radius 2 is 2.17 bits per heavy atom. The monoisotopic (exact) mass is 252 g/mol. The van der Waals surface area contributed by atoms with E-state index in [0.29, 0.717) is 0 Å². The van der Waals surface area contributed by atoms with Gasteiger partial charge in [0.15, 0.2) is 0 Å². The van der Waals surface area contributed by atoms with Crippen molar-refractivity contribution in [2.75, 3.05) is 26.2 Å². The fraction of sp³-hybridized carbons (Fsp3) is 0.733. The van der Waals surface area contributed by atoms with Crippen LogP contribution in [0, 0.1) is 5.92 Å². The van der Waals surface area contributed by atoms with E-state index in [1.807, 2.05) is 12.1 Å². The molecule has 0 unspecified atom stereocenters. The predicted molar refractivity (Wildman–Crippen MR) is 76.6 cm³/mol. The fourth-order valence-corrected chi connectivity index (χ4v) is 1.97. The Hall–Kier alpha value is -0.800. The molecule has 0 saturated heterocycles. The summed E-state index contributed by atoms with van der Waals surface area (Å²) in [4.78, 5) is 2.40. The molecule has 3 nitrogen and oxygen atoms in total. The zero-order valence-electron chi connectivity index (χ0n) is 12.1. The third-order valence-electron chi connectivity index (χ3n) is 3.15. The molecule has 0 spiro atoms. The summed E-state index contributed by atoms with van der Waals surface area (Å²) < 4.78 is 5.37. The van der Waals surface area contributed by atoms with Crippen molar-refractivity contribution in [3.8, 4) is 0 Å². The van der Waals surface area contributed by atoms with E-state index in [-0.39, 0.29) is 0 Å². The van der Waals surface area contributed by atoms with Crippen molar-refractivity contribution in [2.24, 2.45) is 5.92 Å². The van der Waals surface area contributed by atoms with Crippen LogP contribution in [-0.2, 0) is 6.54 Å². The summed E-state index contributed by atoms with van der Waals surface area (Å²) in [5.74, 6) is 1.87. The molecule has 104 valence electrons. The maximum Gasteiger partial charge on any atom is 0.117 e. The Morgan fingerprint density at radius 3 is 2.78 bits per heavy atom. The highest BCUT2D eigenvalue weighted by atomic mass is 16.3. The summed E-state index contributed by atoms with van der Waals surface area (Å²) >= 11 is 0. The average Bonchev–Trinajstić information content (AvgIpc) is 2.84. The summed E-state index contributed by atoms with van der Waals surface area (Å²) in [5, 5.41) is 3.51. The lowest BCUT2D eigenvalue weighted by Gasteiger charge is -2.19. The van der Waals surface area contributed by atoms with Gasteiger partial charge in [0.1, 0.15) is 5.76 Å². The molecule has 1 rings (SSSR count). The molecule has 0 bridgehead atoms. The molecule has 1 aromatic heterocycles. The highest BCUT2D eigenvalue weighted by Gasteiger charge is 2.04. The van der Waals surface area contributed by atoms with E-state index in [9.17, 15) is 0 Å². The molecule has 1 aromatic rings. The number of nitrogens with zero attached hydrogens (tertiary/aromatic N) is 1. The molecule has 0 radical (unpaired) electrons. The molecule has 0 aliphatic carbocycles. The minimum Gasteiger partial charge on any atom is -0.468 e. The Balaban J connectivity index is 2.05. The molecule has 0 atom stereocenters. The van der Waals surface area contributed by atoms with E-state index in [0.717, 1.165) is 44.4 Å². The van der Waals surface area contributed by atoms with Crippen LogP contribution in [0.3, 0.4) is 0 Å². The topological polar surface area (TPSA) is 28.4 Å². The largest absolute Gasteiger partial charge is 0.468 e. The Morgan fingerprint density at radius 1 is 1.33 bits per heavy atom. The Bertz CT molecular complexity index is 283. The van der Waals surface area contributed by atoms with Crippen LogP contribution >= 0.6 is 0 Å². The molecule has 0 saturated carbocycles. The molecule has 0 aromatic carbocycles. The summed E-state index contributed by atoms with van der Waals surface area (Å²) in [5.41, 5.74) is 0. The molecular formula is C15H28N2O.